The molecule has 0 radical (unpaired) electrons. The van der Waals surface area contributed by atoms with Crippen LogP contribution >= 0.6 is 0 Å². The summed E-state index contributed by atoms with van der Waals surface area (Å²) < 4.78 is 44.6. The van der Waals surface area contributed by atoms with Gasteiger partial charge in [0.05, 0.1) is 0 Å². The highest BCUT2D eigenvalue weighted by Gasteiger charge is 2.30. The second-order valence-electron chi connectivity index (χ2n) is 4.32. The molecule has 0 fully saturated rings. The van der Waals surface area contributed by atoms with E-state index in [1.807, 2.05) is 0 Å². The number of ether oxygens (including phenoxy) is 2. The Labute approximate surface area is 123 Å². The van der Waals surface area contributed by atoms with E-state index in [0.717, 1.165) is 0 Å². The normalized spacial score (nSPS) is 11.0. The Morgan fingerprint density at radius 3 is 2.27 bits per heavy atom. The van der Waals surface area contributed by atoms with Crippen molar-refractivity contribution in [2.24, 2.45) is 0 Å². The molecule has 22 heavy (non-hydrogen) atoms. The van der Waals surface area contributed by atoms with E-state index in [-0.39, 0.29) is 24.6 Å². The molecule has 0 aromatic heterocycles. The third-order valence-electron chi connectivity index (χ3n) is 2.81. The maximum atomic E-state index is 12.1. The number of rotatable bonds is 5. The summed E-state index contributed by atoms with van der Waals surface area (Å²) in [5, 5.41) is 9.64. The Balaban J connectivity index is 2.22. The zero-order valence-electron chi connectivity index (χ0n) is 11.1. The number of hydrogen-bond donors (Lipinski definition) is 1. The lowest BCUT2D eigenvalue weighted by Crippen LogP contribution is -2.16. The van der Waals surface area contributed by atoms with Crippen LogP contribution in [0.1, 0.15) is 5.56 Å². The van der Waals surface area contributed by atoms with Crippen molar-refractivity contribution in [3.8, 4) is 22.6 Å². The number of hydrogen-bond acceptors (Lipinski definition) is 4. The fourth-order valence-electron chi connectivity index (χ4n) is 1.85. The van der Waals surface area contributed by atoms with Gasteiger partial charge in [0.25, 0.3) is 6.47 Å². The van der Waals surface area contributed by atoms with Crippen molar-refractivity contribution in [1.82, 2.24) is 0 Å². The van der Waals surface area contributed by atoms with E-state index in [0.29, 0.717) is 16.7 Å². The third kappa shape index (κ3) is 4.15. The molecule has 0 spiro atoms. The van der Waals surface area contributed by atoms with Gasteiger partial charge in [0, 0.05) is 5.56 Å². The predicted octanol–water partition coefficient (Wildman–Crippen LogP) is 3.63. The first kappa shape index (κ1) is 15.7. The number of benzene rings is 2. The lowest BCUT2D eigenvalue weighted by Gasteiger charge is -2.10. The number of carbonyl (C=O) groups is 1. The van der Waals surface area contributed by atoms with E-state index in [1.54, 1.807) is 12.1 Å². The summed E-state index contributed by atoms with van der Waals surface area (Å²) in [4.78, 5) is 10.2. The zero-order chi connectivity index (χ0) is 16.2. The van der Waals surface area contributed by atoms with Crippen LogP contribution in [0.25, 0.3) is 11.1 Å². The molecular formula is C15H11F3O4. The molecule has 1 N–H and O–H groups in total. The number of halogens is 3. The van der Waals surface area contributed by atoms with Crippen LogP contribution in [0.5, 0.6) is 11.5 Å². The van der Waals surface area contributed by atoms with Crippen molar-refractivity contribution < 1.29 is 32.5 Å². The molecule has 7 heteroatoms. The Hall–Kier alpha value is -2.70. The van der Waals surface area contributed by atoms with Crippen molar-refractivity contribution in [3.05, 3.63) is 48.0 Å². The first-order chi connectivity index (χ1) is 10.4. The quantitative estimate of drug-likeness (QED) is 0.857. The number of phenols is 1. The molecule has 0 bridgehead atoms. The predicted molar refractivity (Wildman–Crippen MR) is 71.1 cm³/mol. The first-order valence-electron chi connectivity index (χ1n) is 6.12. The van der Waals surface area contributed by atoms with Crippen molar-refractivity contribution >= 4 is 6.47 Å². The van der Waals surface area contributed by atoms with E-state index in [9.17, 15) is 23.1 Å². The Bertz CT molecular complexity index is 651. The largest absolute Gasteiger partial charge is 0.573 e. The highest BCUT2D eigenvalue weighted by Crippen LogP contribution is 2.29. The van der Waals surface area contributed by atoms with Gasteiger partial charge in [-0.25, -0.2) is 0 Å². The number of phenolic OH excluding ortho intramolecular Hbond substituents is 1. The summed E-state index contributed by atoms with van der Waals surface area (Å²) in [5.74, 6) is -0.359. The highest BCUT2D eigenvalue weighted by atomic mass is 19.4. The molecule has 0 atom stereocenters. The molecule has 0 aliphatic carbocycles. The second kappa shape index (κ2) is 6.38. The van der Waals surface area contributed by atoms with Crippen molar-refractivity contribution in [3.63, 3.8) is 0 Å². The molecular weight excluding hydrogens is 301 g/mol. The first-order valence-corrected chi connectivity index (χ1v) is 6.12. The zero-order valence-corrected chi connectivity index (χ0v) is 11.1. The molecule has 0 aliphatic heterocycles. The lowest BCUT2D eigenvalue weighted by molar-refractivity contribution is -0.274. The fourth-order valence-corrected chi connectivity index (χ4v) is 1.85. The van der Waals surface area contributed by atoms with Crippen LogP contribution < -0.4 is 4.74 Å². The number of alkyl halides is 3. The molecule has 4 nitrogen and oxygen atoms in total. The summed E-state index contributed by atoms with van der Waals surface area (Å²) in [7, 11) is 0. The van der Waals surface area contributed by atoms with E-state index in [2.05, 4.69) is 9.47 Å². The molecule has 2 aromatic carbocycles. The van der Waals surface area contributed by atoms with Gasteiger partial charge in [-0.3, -0.25) is 4.79 Å². The standard InChI is InChI=1S/C15H11F3O4/c16-15(17,18)22-13-4-1-10(2-5-13)11-3-6-14(20)12(7-11)8-21-9-19/h1-7,9,20H,8H2. The van der Waals surface area contributed by atoms with Gasteiger partial charge >= 0.3 is 6.36 Å². The fraction of sp³-hybridized carbons (Fsp3) is 0.133. The van der Waals surface area contributed by atoms with Gasteiger partial charge in [-0.15, -0.1) is 13.2 Å². The van der Waals surface area contributed by atoms with Gasteiger partial charge < -0.3 is 14.6 Å². The molecule has 116 valence electrons. The molecule has 0 saturated heterocycles. The summed E-state index contributed by atoms with van der Waals surface area (Å²) in [6.07, 6.45) is -4.74. The molecule has 0 saturated carbocycles. The molecule has 0 unspecified atom stereocenters. The summed E-state index contributed by atoms with van der Waals surface area (Å²) in [6, 6.07) is 9.89. The number of aromatic hydroxyl groups is 1. The van der Waals surface area contributed by atoms with Crippen LogP contribution in [0, 0.1) is 0 Å². The molecule has 0 amide bonds. The summed E-state index contributed by atoms with van der Waals surface area (Å²) in [5.41, 5.74) is 1.67. The van der Waals surface area contributed by atoms with E-state index in [4.69, 9.17) is 0 Å². The van der Waals surface area contributed by atoms with Gasteiger partial charge in [-0.05, 0) is 35.4 Å². The second-order valence-corrected chi connectivity index (χ2v) is 4.32. The Morgan fingerprint density at radius 1 is 1.05 bits per heavy atom. The van der Waals surface area contributed by atoms with Gasteiger partial charge in [0.15, 0.2) is 0 Å². The Kier molecular flexibility index (Phi) is 4.55. The molecule has 0 heterocycles. The monoisotopic (exact) mass is 312 g/mol. The maximum absolute atomic E-state index is 12.1. The van der Waals surface area contributed by atoms with Crippen LogP contribution in [-0.4, -0.2) is 17.9 Å². The van der Waals surface area contributed by atoms with Crippen molar-refractivity contribution in [2.45, 2.75) is 13.0 Å². The molecule has 2 rings (SSSR count). The minimum Gasteiger partial charge on any atom is -0.508 e. The van der Waals surface area contributed by atoms with Crippen LogP contribution in [0.15, 0.2) is 42.5 Å². The van der Waals surface area contributed by atoms with E-state index < -0.39 is 6.36 Å². The van der Waals surface area contributed by atoms with Crippen molar-refractivity contribution in [2.75, 3.05) is 0 Å². The summed E-state index contributed by atoms with van der Waals surface area (Å²) in [6.45, 7) is 0.161. The molecule has 0 aliphatic rings. The van der Waals surface area contributed by atoms with Crippen LogP contribution in [0.4, 0.5) is 13.2 Å². The van der Waals surface area contributed by atoms with Gasteiger partial charge in [0.2, 0.25) is 0 Å². The maximum Gasteiger partial charge on any atom is 0.573 e. The van der Waals surface area contributed by atoms with Crippen molar-refractivity contribution in [1.29, 1.82) is 0 Å². The third-order valence-corrected chi connectivity index (χ3v) is 2.81. The smallest absolute Gasteiger partial charge is 0.508 e. The average Bonchev–Trinajstić information content (AvgIpc) is 2.46. The number of carbonyl (C=O) groups excluding carboxylic acids is 1. The molecule has 2 aromatic rings. The van der Waals surface area contributed by atoms with Gasteiger partial charge in [0.1, 0.15) is 18.1 Å². The SMILES string of the molecule is O=COCc1cc(-c2ccc(OC(F)(F)F)cc2)ccc1O. The van der Waals surface area contributed by atoms with Gasteiger partial charge in [-0.1, -0.05) is 18.2 Å². The summed E-state index contributed by atoms with van der Waals surface area (Å²) >= 11 is 0. The van der Waals surface area contributed by atoms with Crippen LogP contribution in [0.2, 0.25) is 0 Å². The van der Waals surface area contributed by atoms with Crippen LogP contribution in [0.3, 0.4) is 0 Å². The van der Waals surface area contributed by atoms with Crippen LogP contribution in [-0.2, 0) is 16.1 Å². The van der Waals surface area contributed by atoms with Gasteiger partial charge in [-0.2, -0.15) is 0 Å². The minimum absolute atomic E-state index is 0.0392. The average molecular weight is 312 g/mol. The lowest BCUT2D eigenvalue weighted by atomic mass is 10.0. The highest BCUT2D eigenvalue weighted by molar-refractivity contribution is 5.66. The topological polar surface area (TPSA) is 55.8 Å². The van der Waals surface area contributed by atoms with E-state index in [1.165, 1.54) is 30.3 Å². The minimum atomic E-state index is -4.74. The Morgan fingerprint density at radius 2 is 1.68 bits per heavy atom. The van der Waals surface area contributed by atoms with E-state index >= 15 is 0 Å².